The fraction of sp³-hybridized carbons (Fsp3) is 0.118. The van der Waals surface area contributed by atoms with E-state index in [1.165, 1.54) is 23.0 Å². The van der Waals surface area contributed by atoms with E-state index in [0.29, 0.717) is 11.2 Å². The van der Waals surface area contributed by atoms with Crippen molar-refractivity contribution in [3.63, 3.8) is 0 Å². The van der Waals surface area contributed by atoms with Gasteiger partial charge in [-0.25, -0.2) is 14.5 Å². The Bertz CT molecular complexity index is 1100. The number of hydrogen-bond donors (Lipinski definition) is 0. The molecule has 4 rings (SSSR count). The molecule has 0 aliphatic heterocycles. The van der Waals surface area contributed by atoms with Crippen molar-refractivity contribution in [2.45, 2.75) is 12.5 Å². The number of nitrogens with zero attached hydrogens (tertiary/aromatic N) is 4. The molecule has 0 aliphatic carbocycles. The number of ether oxygens (including phenoxy) is 1. The largest absolute Gasteiger partial charge is 0.461 e. The molecule has 0 amide bonds. The highest BCUT2D eigenvalue weighted by Gasteiger charge is 2.44. The molecular formula is C17H10F4N4O. The molecule has 0 saturated carbocycles. The number of hydrogen-bond acceptors (Lipinski definition) is 4. The Kier molecular flexibility index (Phi) is 3.71. The number of para-hydroxylation sites is 1. The Morgan fingerprint density at radius 3 is 2.65 bits per heavy atom. The van der Waals surface area contributed by atoms with Crippen molar-refractivity contribution in [3.8, 4) is 17.1 Å². The van der Waals surface area contributed by atoms with E-state index in [9.17, 15) is 17.6 Å². The number of rotatable bonds is 4. The van der Waals surface area contributed by atoms with Crippen LogP contribution in [0.5, 0.6) is 5.75 Å². The van der Waals surface area contributed by atoms with Crippen LogP contribution in [-0.2, 0) is 0 Å². The van der Waals surface area contributed by atoms with Gasteiger partial charge in [0.15, 0.2) is 11.5 Å². The van der Waals surface area contributed by atoms with E-state index in [1.54, 1.807) is 6.07 Å². The van der Waals surface area contributed by atoms with Gasteiger partial charge in [-0.2, -0.15) is 17.6 Å². The summed E-state index contributed by atoms with van der Waals surface area (Å²) in [5.41, 5.74) is 1.61. The van der Waals surface area contributed by atoms with Crippen molar-refractivity contribution in [2.24, 2.45) is 0 Å². The summed E-state index contributed by atoms with van der Waals surface area (Å²) in [5, 5.41) is 5.03. The second-order valence-corrected chi connectivity index (χ2v) is 5.46. The van der Waals surface area contributed by atoms with Crippen molar-refractivity contribution in [1.82, 2.24) is 19.6 Å². The van der Waals surface area contributed by atoms with Crippen LogP contribution in [0.2, 0.25) is 0 Å². The summed E-state index contributed by atoms with van der Waals surface area (Å²) in [5.74, 6) is -0.177. The Balaban J connectivity index is 1.76. The van der Waals surface area contributed by atoms with E-state index < -0.39 is 18.3 Å². The van der Waals surface area contributed by atoms with E-state index in [4.69, 9.17) is 0 Å². The van der Waals surface area contributed by atoms with Crippen molar-refractivity contribution in [1.29, 1.82) is 0 Å². The zero-order valence-corrected chi connectivity index (χ0v) is 13.0. The van der Waals surface area contributed by atoms with Crippen molar-refractivity contribution < 1.29 is 22.3 Å². The molecular weight excluding hydrogens is 352 g/mol. The van der Waals surface area contributed by atoms with Gasteiger partial charge in [0.1, 0.15) is 12.1 Å². The van der Waals surface area contributed by atoms with Crippen LogP contribution >= 0.6 is 0 Å². The molecule has 26 heavy (non-hydrogen) atoms. The molecule has 2 aromatic heterocycles. The molecule has 0 saturated heterocycles. The molecule has 2 heterocycles. The number of aromatic nitrogens is 4. The molecule has 4 aromatic rings. The third-order valence-corrected chi connectivity index (χ3v) is 3.68. The lowest BCUT2D eigenvalue weighted by Gasteiger charge is -2.16. The summed E-state index contributed by atoms with van der Waals surface area (Å²) in [4.78, 5) is 8.66. The third-order valence-electron chi connectivity index (χ3n) is 3.68. The lowest BCUT2D eigenvalue weighted by molar-refractivity contribution is -0.253. The maximum absolute atomic E-state index is 13.1. The Labute approximate surface area is 143 Å². The van der Waals surface area contributed by atoms with Gasteiger partial charge in [0.2, 0.25) is 0 Å². The zero-order chi connectivity index (χ0) is 18.3. The SMILES string of the molecule is FC(F)C(F)(F)Oc1cccc(-c2nc3c4ccccc4ncn3n2)c1. The van der Waals surface area contributed by atoms with Crippen LogP contribution in [0.15, 0.2) is 54.9 Å². The summed E-state index contributed by atoms with van der Waals surface area (Å²) in [6, 6.07) is 12.6. The van der Waals surface area contributed by atoms with Crippen LogP contribution in [0.1, 0.15) is 0 Å². The first-order valence-corrected chi connectivity index (χ1v) is 7.49. The minimum absolute atomic E-state index is 0.231. The van der Waals surface area contributed by atoms with Gasteiger partial charge in [0, 0.05) is 10.9 Å². The molecule has 0 atom stereocenters. The van der Waals surface area contributed by atoms with Gasteiger partial charge in [-0.15, -0.1) is 5.10 Å². The quantitative estimate of drug-likeness (QED) is 0.511. The van der Waals surface area contributed by atoms with Crippen molar-refractivity contribution >= 4 is 16.6 Å². The monoisotopic (exact) mass is 362 g/mol. The van der Waals surface area contributed by atoms with Crippen LogP contribution in [0, 0.1) is 0 Å². The second-order valence-electron chi connectivity index (χ2n) is 5.46. The summed E-state index contributed by atoms with van der Waals surface area (Å²) in [6.45, 7) is 0. The molecule has 132 valence electrons. The van der Waals surface area contributed by atoms with Gasteiger partial charge >= 0.3 is 12.5 Å². The summed E-state index contributed by atoms with van der Waals surface area (Å²) in [6.07, 6.45) is -7.03. The maximum atomic E-state index is 13.1. The number of halogens is 4. The minimum atomic E-state index is -4.58. The van der Waals surface area contributed by atoms with Crippen LogP contribution in [0.3, 0.4) is 0 Å². The van der Waals surface area contributed by atoms with Gasteiger partial charge in [0.05, 0.1) is 5.52 Å². The second kappa shape index (κ2) is 5.94. The van der Waals surface area contributed by atoms with E-state index in [2.05, 4.69) is 19.8 Å². The lowest BCUT2D eigenvalue weighted by Crippen LogP contribution is -2.33. The fourth-order valence-electron chi connectivity index (χ4n) is 2.50. The smallest absolute Gasteiger partial charge is 0.428 e. The van der Waals surface area contributed by atoms with Crippen molar-refractivity contribution in [2.75, 3.05) is 0 Å². The maximum Gasteiger partial charge on any atom is 0.461 e. The predicted molar refractivity (Wildman–Crippen MR) is 85.3 cm³/mol. The van der Waals surface area contributed by atoms with Gasteiger partial charge in [0.25, 0.3) is 0 Å². The average molecular weight is 362 g/mol. The molecule has 9 heteroatoms. The minimum Gasteiger partial charge on any atom is -0.428 e. The van der Waals surface area contributed by atoms with Crippen LogP contribution in [0.4, 0.5) is 17.6 Å². The number of alkyl halides is 4. The van der Waals surface area contributed by atoms with Crippen LogP contribution in [0.25, 0.3) is 27.9 Å². The van der Waals surface area contributed by atoms with E-state index in [1.807, 2.05) is 24.3 Å². The highest BCUT2D eigenvalue weighted by molar-refractivity contribution is 5.91. The summed E-state index contributed by atoms with van der Waals surface area (Å²) < 4.78 is 56.4. The normalized spacial score (nSPS) is 12.2. The lowest BCUT2D eigenvalue weighted by atomic mass is 10.2. The Morgan fingerprint density at radius 2 is 1.85 bits per heavy atom. The molecule has 0 spiro atoms. The first-order chi connectivity index (χ1) is 12.4. The number of fused-ring (bicyclic) bond motifs is 3. The van der Waals surface area contributed by atoms with Gasteiger partial charge in [-0.3, -0.25) is 0 Å². The molecule has 0 aliphatic rings. The molecule has 5 nitrogen and oxygen atoms in total. The predicted octanol–water partition coefficient (Wildman–Crippen LogP) is 4.18. The standard InChI is InChI=1S/C17H10F4N4O/c18-16(19)17(20,21)26-11-5-3-4-10(8-11)14-23-15-12-6-1-2-7-13(12)22-9-25(15)24-14/h1-9,16H. The van der Waals surface area contributed by atoms with Gasteiger partial charge in [-0.1, -0.05) is 24.3 Å². The highest BCUT2D eigenvalue weighted by atomic mass is 19.3. The molecule has 0 bridgehead atoms. The van der Waals surface area contributed by atoms with E-state index in [0.717, 1.165) is 17.0 Å². The molecule has 0 N–H and O–H groups in total. The molecule has 0 fully saturated rings. The first kappa shape index (κ1) is 16.2. The molecule has 0 unspecified atom stereocenters. The summed E-state index contributed by atoms with van der Waals surface area (Å²) in [7, 11) is 0. The van der Waals surface area contributed by atoms with Crippen LogP contribution in [-0.4, -0.2) is 32.1 Å². The average Bonchev–Trinajstić information content (AvgIpc) is 3.06. The first-order valence-electron chi connectivity index (χ1n) is 7.49. The van der Waals surface area contributed by atoms with E-state index >= 15 is 0 Å². The van der Waals surface area contributed by atoms with Crippen LogP contribution < -0.4 is 4.74 Å². The summed E-state index contributed by atoms with van der Waals surface area (Å²) >= 11 is 0. The van der Waals surface area contributed by atoms with Gasteiger partial charge < -0.3 is 4.74 Å². The Hall–Kier alpha value is -3.23. The Morgan fingerprint density at radius 1 is 1.04 bits per heavy atom. The zero-order valence-electron chi connectivity index (χ0n) is 13.0. The van der Waals surface area contributed by atoms with Gasteiger partial charge in [-0.05, 0) is 24.3 Å². The number of benzene rings is 2. The van der Waals surface area contributed by atoms with Crippen molar-refractivity contribution in [3.05, 3.63) is 54.9 Å². The van der Waals surface area contributed by atoms with E-state index in [-0.39, 0.29) is 5.82 Å². The topological polar surface area (TPSA) is 52.3 Å². The molecule has 2 aromatic carbocycles. The third kappa shape index (κ3) is 2.81. The fourth-order valence-corrected chi connectivity index (χ4v) is 2.50. The highest BCUT2D eigenvalue weighted by Crippen LogP contribution is 2.30. The molecule has 0 radical (unpaired) electrons.